The summed E-state index contributed by atoms with van der Waals surface area (Å²) in [7, 11) is 0. The van der Waals surface area contributed by atoms with Gasteiger partial charge in [0.25, 0.3) is 5.91 Å². The largest absolute Gasteiger partial charge is 0.490 e. The highest BCUT2D eigenvalue weighted by Gasteiger charge is 2.21. The summed E-state index contributed by atoms with van der Waals surface area (Å²) in [5.74, 6) is 0.916. The van der Waals surface area contributed by atoms with E-state index in [1.807, 2.05) is 33.8 Å². The number of carbonyl (C=O) groups is 1. The van der Waals surface area contributed by atoms with Crippen LogP contribution >= 0.6 is 11.6 Å². The smallest absolute Gasteiger partial charge is 0.258 e. The summed E-state index contributed by atoms with van der Waals surface area (Å²) in [6.07, 6.45) is 2.44. The van der Waals surface area contributed by atoms with Crippen molar-refractivity contribution in [1.29, 1.82) is 0 Å². The Bertz CT molecular complexity index is 580. The quantitative estimate of drug-likeness (QED) is 0.752. The Morgan fingerprint density at radius 3 is 2.50 bits per heavy atom. The third-order valence-corrected chi connectivity index (χ3v) is 3.80. The van der Waals surface area contributed by atoms with Gasteiger partial charge in [-0.05, 0) is 52.2 Å². The molecule has 2 N–H and O–H groups in total. The van der Waals surface area contributed by atoms with Gasteiger partial charge >= 0.3 is 0 Å². The number of hydrogen-bond acceptors (Lipinski definition) is 4. The van der Waals surface area contributed by atoms with Crippen molar-refractivity contribution in [2.24, 2.45) is 0 Å². The average Bonchev–Trinajstić information content (AvgIpc) is 3.28. The van der Waals surface area contributed by atoms with E-state index in [1.54, 1.807) is 6.07 Å². The first kappa shape index (κ1) is 18.9. The molecule has 2 rings (SSSR count). The molecule has 1 aromatic carbocycles. The average molecular weight is 355 g/mol. The van der Waals surface area contributed by atoms with Crippen molar-refractivity contribution in [2.45, 2.75) is 58.7 Å². The van der Waals surface area contributed by atoms with Crippen LogP contribution in [0.2, 0.25) is 5.02 Å². The second kappa shape index (κ2) is 8.08. The van der Waals surface area contributed by atoms with Crippen molar-refractivity contribution >= 4 is 17.5 Å². The summed E-state index contributed by atoms with van der Waals surface area (Å²) in [6.45, 7) is 8.83. The normalized spacial score (nSPS) is 14.4. The van der Waals surface area contributed by atoms with E-state index in [9.17, 15) is 4.79 Å². The van der Waals surface area contributed by atoms with E-state index in [1.165, 1.54) is 12.8 Å². The molecule has 24 heavy (non-hydrogen) atoms. The summed E-state index contributed by atoms with van der Waals surface area (Å²) < 4.78 is 11.3. The van der Waals surface area contributed by atoms with E-state index in [4.69, 9.17) is 21.1 Å². The molecule has 0 unspecified atom stereocenters. The summed E-state index contributed by atoms with van der Waals surface area (Å²) in [6, 6.07) is 4.22. The van der Waals surface area contributed by atoms with E-state index in [-0.39, 0.29) is 18.1 Å². The van der Waals surface area contributed by atoms with Crippen LogP contribution in [0.4, 0.5) is 0 Å². The third kappa shape index (κ3) is 6.21. The van der Waals surface area contributed by atoms with E-state index < -0.39 is 0 Å². The lowest BCUT2D eigenvalue weighted by molar-refractivity contribution is -0.124. The maximum Gasteiger partial charge on any atom is 0.258 e. The second-order valence-corrected chi connectivity index (χ2v) is 7.47. The zero-order chi connectivity index (χ0) is 17.7. The van der Waals surface area contributed by atoms with Crippen LogP contribution in [0.5, 0.6) is 11.5 Å². The van der Waals surface area contributed by atoms with Gasteiger partial charge in [-0.25, -0.2) is 0 Å². The number of carbonyl (C=O) groups excluding carboxylic acids is 1. The number of ether oxygens (including phenoxy) is 2. The minimum absolute atomic E-state index is 0.0760. The highest BCUT2D eigenvalue weighted by molar-refractivity contribution is 6.31. The molecule has 0 spiro atoms. The molecule has 1 fully saturated rings. The van der Waals surface area contributed by atoms with Crippen LogP contribution in [0.25, 0.3) is 0 Å². The lowest BCUT2D eigenvalue weighted by Crippen LogP contribution is -2.43. The topological polar surface area (TPSA) is 59.6 Å². The summed E-state index contributed by atoms with van der Waals surface area (Å²) in [5.41, 5.74) is 0.678. The second-order valence-electron chi connectivity index (χ2n) is 7.07. The Kier molecular flexibility index (Phi) is 6.35. The van der Waals surface area contributed by atoms with Crippen LogP contribution in [-0.2, 0) is 11.3 Å². The molecule has 0 atom stereocenters. The van der Waals surface area contributed by atoms with Gasteiger partial charge in [-0.2, -0.15) is 0 Å². The van der Waals surface area contributed by atoms with Gasteiger partial charge < -0.3 is 20.1 Å². The minimum Gasteiger partial charge on any atom is -0.490 e. The molecule has 0 saturated heterocycles. The maximum absolute atomic E-state index is 11.9. The number of benzene rings is 1. The zero-order valence-electron chi connectivity index (χ0n) is 14.9. The van der Waals surface area contributed by atoms with Gasteiger partial charge in [-0.15, -0.1) is 0 Å². The molecular weight excluding hydrogens is 328 g/mol. The van der Waals surface area contributed by atoms with Crippen molar-refractivity contribution in [1.82, 2.24) is 10.6 Å². The molecule has 0 aromatic heterocycles. The Morgan fingerprint density at radius 1 is 1.25 bits per heavy atom. The molecule has 1 saturated carbocycles. The van der Waals surface area contributed by atoms with Crippen LogP contribution in [0.1, 0.15) is 46.1 Å². The predicted molar refractivity (Wildman–Crippen MR) is 95.9 cm³/mol. The number of nitrogens with one attached hydrogen (secondary N) is 2. The Hall–Kier alpha value is -1.46. The fourth-order valence-electron chi connectivity index (χ4n) is 2.23. The van der Waals surface area contributed by atoms with Crippen molar-refractivity contribution in [3.05, 3.63) is 22.7 Å². The van der Waals surface area contributed by atoms with Gasteiger partial charge in [0.15, 0.2) is 18.1 Å². The van der Waals surface area contributed by atoms with Crippen molar-refractivity contribution < 1.29 is 14.3 Å². The number of hydrogen-bond donors (Lipinski definition) is 2. The summed E-state index contributed by atoms with van der Waals surface area (Å²) in [4.78, 5) is 11.9. The van der Waals surface area contributed by atoms with Crippen molar-refractivity contribution in [3.63, 3.8) is 0 Å². The maximum atomic E-state index is 11.9. The first-order chi connectivity index (χ1) is 11.3. The van der Waals surface area contributed by atoms with Crippen molar-refractivity contribution in [2.75, 3.05) is 13.2 Å². The first-order valence-corrected chi connectivity index (χ1v) is 8.78. The molecule has 0 heterocycles. The molecule has 1 aliphatic carbocycles. The van der Waals surface area contributed by atoms with Gasteiger partial charge in [0.2, 0.25) is 0 Å². The number of halogens is 1. The molecule has 0 aliphatic heterocycles. The highest BCUT2D eigenvalue weighted by Crippen LogP contribution is 2.34. The number of rotatable bonds is 8. The lowest BCUT2D eigenvalue weighted by atomic mass is 10.1. The molecule has 134 valence electrons. The van der Waals surface area contributed by atoms with Gasteiger partial charge in [-0.1, -0.05) is 11.6 Å². The molecule has 1 aromatic rings. The van der Waals surface area contributed by atoms with Crippen LogP contribution in [-0.4, -0.2) is 30.7 Å². The Labute approximate surface area is 149 Å². The fraction of sp³-hybridized carbons (Fsp3) is 0.611. The van der Waals surface area contributed by atoms with Crippen LogP contribution in [0.3, 0.4) is 0 Å². The third-order valence-electron chi connectivity index (χ3n) is 3.44. The van der Waals surface area contributed by atoms with Crippen molar-refractivity contribution in [3.8, 4) is 11.5 Å². The van der Waals surface area contributed by atoms with Crippen LogP contribution < -0.4 is 20.1 Å². The molecule has 5 nitrogen and oxygen atoms in total. The highest BCUT2D eigenvalue weighted by atomic mass is 35.5. The Morgan fingerprint density at radius 2 is 1.92 bits per heavy atom. The lowest BCUT2D eigenvalue weighted by Gasteiger charge is -2.21. The molecule has 0 radical (unpaired) electrons. The van der Waals surface area contributed by atoms with E-state index in [0.29, 0.717) is 35.7 Å². The summed E-state index contributed by atoms with van der Waals surface area (Å²) in [5, 5.41) is 6.90. The van der Waals surface area contributed by atoms with Gasteiger partial charge in [0, 0.05) is 29.2 Å². The van der Waals surface area contributed by atoms with Gasteiger partial charge in [0.1, 0.15) is 0 Å². The standard InChI is InChI=1S/C18H27ClN2O3/c1-5-23-15-8-12(10-20-13-6-7-13)14(19)9-16(15)24-11-17(22)21-18(2,3)4/h8-9,13,20H,5-7,10-11H2,1-4H3,(H,21,22). The molecule has 6 heteroatoms. The van der Waals surface area contributed by atoms with Gasteiger partial charge in [0.05, 0.1) is 6.61 Å². The van der Waals surface area contributed by atoms with E-state index >= 15 is 0 Å². The van der Waals surface area contributed by atoms with E-state index in [2.05, 4.69) is 10.6 Å². The molecule has 1 amide bonds. The minimum atomic E-state index is -0.292. The molecule has 0 bridgehead atoms. The van der Waals surface area contributed by atoms with Crippen LogP contribution in [0.15, 0.2) is 12.1 Å². The SMILES string of the molecule is CCOc1cc(CNC2CC2)c(Cl)cc1OCC(=O)NC(C)(C)C. The first-order valence-electron chi connectivity index (χ1n) is 8.41. The summed E-state index contributed by atoms with van der Waals surface area (Å²) >= 11 is 6.35. The van der Waals surface area contributed by atoms with Gasteiger partial charge in [-0.3, -0.25) is 4.79 Å². The molecule has 1 aliphatic rings. The zero-order valence-corrected chi connectivity index (χ0v) is 15.6. The van der Waals surface area contributed by atoms with E-state index in [0.717, 1.165) is 5.56 Å². The van der Waals surface area contributed by atoms with Crippen LogP contribution in [0, 0.1) is 0 Å². The molecular formula is C18H27ClN2O3. The predicted octanol–water partition coefficient (Wildman–Crippen LogP) is 3.28. The Balaban J connectivity index is 2.03. The number of amides is 1. The fourth-order valence-corrected chi connectivity index (χ4v) is 2.45. The monoisotopic (exact) mass is 354 g/mol.